The van der Waals surface area contributed by atoms with Crippen molar-refractivity contribution in [1.82, 2.24) is 14.9 Å². The van der Waals surface area contributed by atoms with Crippen LogP contribution in [0.4, 0.5) is 5.69 Å². The summed E-state index contributed by atoms with van der Waals surface area (Å²) in [6.45, 7) is 2.45. The molecule has 190 valence electrons. The molecule has 1 aliphatic heterocycles. The number of piperazine rings is 1. The summed E-state index contributed by atoms with van der Waals surface area (Å²) in [4.78, 5) is 35.2. The number of sulfone groups is 1. The number of amides is 1. The number of hydrogen-bond donors (Lipinski definition) is 1. The maximum atomic E-state index is 12.8. The fourth-order valence-electron chi connectivity index (χ4n) is 3.82. The predicted octanol–water partition coefficient (Wildman–Crippen LogP) is 2.06. The number of methoxy groups -OCH3 is 2. The number of nitrogens with one attached hydrogen (secondary N) is 1. The van der Waals surface area contributed by atoms with Crippen LogP contribution < -0.4 is 19.9 Å². The molecule has 0 aliphatic carbocycles. The molecule has 0 atom stereocenters. The van der Waals surface area contributed by atoms with Crippen LogP contribution in [0.5, 0.6) is 11.5 Å². The summed E-state index contributed by atoms with van der Waals surface area (Å²) in [6.07, 6.45) is 1.03. The van der Waals surface area contributed by atoms with E-state index in [1.807, 2.05) is 24.3 Å². The lowest BCUT2D eigenvalue weighted by molar-refractivity contribution is -0.128. The van der Waals surface area contributed by atoms with Gasteiger partial charge in [0.1, 0.15) is 11.5 Å². The Hall–Kier alpha value is -3.51. The number of nitrogens with zero attached hydrogens (tertiary/aromatic N) is 3. The monoisotopic (exact) mass is 530 g/mol. The molecule has 1 fully saturated rings. The van der Waals surface area contributed by atoms with E-state index in [-0.39, 0.29) is 21.7 Å². The zero-order chi connectivity index (χ0) is 25.7. The number of para-hydroxylation sites is 2. The Bertz CT molecular complexity index is 1380. The summed E-state index contributed by atoms with van der Waals surface area (Å²) in [5.41, 5.74) is 0.203. The van der Waals surface area contributed by atoms with E-state index in [1.54, 1.807) is 12.0 Å². The molecular formula is C24H26N4O6S2. The van der Waals surface area contributed by atoms with E-state index in [2.05, 4.69) is 14.9 Å². The second-order valence-corrected chi connectivity index (χ2v) is 10.8. The van der Waals surface area contributed by atoms with Crippen molar-refractivity contribution in [2.45, 2.75) is 14.9 Å². The lowest BCUT2D eigenvalue weighted by atomic mass is 10.2. The van der Waals surface area contributed by atoms with Gasteiger partial charge in [-0.25, -0.2) is 13.4 Å². The molecule has 2 aromatic carbocycles. The first-order valence-electron chi connectivity index (χ1n) is 11.1. The molecule has 1 aliphatic rings. The Balaban J connectivity index is 1.35. The number of ether oxygens (including phenoxy) is 2. The quantitative estimate of drug-likeness (QED) is 0.344. The van der Waals surface area contributed by atoms with Gasteiger partial charge in [0.25, 0.3) is 5.56 Å². The van der Waals surface area contributed by atoms with Crippen LogP contribution in [-0.4, -0.2) is 75.3 Å². The van der Waals surface area contributed by atoms with E-state index in [9.17, 15) is 18.0 Å². The van der Waals surface area contributed by atoms with Crippen molar-refractivity contribution in [2.75, 3.05) is 51.1 Å². The molecule has 0 saturated carbocycles. The summed E-state index contributed by atoms with van der Waals surface area (Å²) in [5.74, 6) is 1.28. The van der Waals surface area contributed by atoms with Gasteiger partial charge in [-0.15, -0.1) is 0 Å². The Labute approximate surface area is 213 Å². The average molecular weight is 531 g/mol. The maximum absolute atomic E-state index is 12.8. The molecule has 10 nitrogen and oxygen atoms in total. The molecule has 2 heterocycles. The Kier molecular flexibility index (Phi) is 7.85. The highest BCUT2D eigenvalue weighted by Gasteiger charge is 2.25. The van der Waals surface area contributed by atoms with Crippen LogP contribution in [0.15, 0.2) is 74.5 Å². The van der Waals surface area contributed by atoms with Gasteiger partial charge in [-0.2, -0.15) is 0 Å². The Morgan fingerprint density at radius 3 is 2.36 bits per heavy atom. The normalized spacial score (nSPS) is 13.9. The van der Waals surface area contributed by atoms with Crippen molar-refractivity contribution in [3.8, 4) is 11.5 Å². The van der Waals surface area contributed by atoms with Crippen molar-refractivity contribution >= 4 is 33.2 Å². The third-order valence-corrected chi connectivity index (χ3v) is 8.43. The highest BCUT2D eigenvalue weighted by atomic mass is 32.2. The lowest BCUT2D eigenvalue weighted by Gasteiger charge is -2.36. The van der Waals surface area contributed by atoms with Crippen molar-refractivity contribution in [1.29, 1.82) is 0 Å². The van der Waals surface area contributed by atoms with Crippen LogP contribution >= 0.6 is 11.8 Å². The van der Waals surface area contributed by atoms with Gasteiger partial charge in [0.2, 0.25) is 15.7 Å². The number of carbonyl (C=O) groups excluding carboxylic acids is 1. The molecule has 3 aromatic rings. The number of aromatic amines is 1. The zero-order valence-electron chi connectivity index (χ0n) is 19.8. The van der Waals surface area contributed by atoms with E-state index >= 15 is 0 Å². The van der Waals surface area contributed by atoms with Crippen LogP contribution in [0.25, 0.3) is 0 Å². The molecule has 0 unspecified atom stereocenters. The van der Waals surface area contributed by atoms with E-state index in [0.29, 0.717) is 31.9 Å². The maximum Gasteiger partial charge on any atom is 0.270 e. The molecule has 1 amide bonds. The van der Waals surface area contributed by atoms with Gasteiger partial charge in [0, 0.05) is 26.2 Å². The number of thioether (sulfide) groups is 1. The molecule has 36 heavy (non-hydrogen) atoms. The minimum Gasteiger partial charge on any atom is -0.497 e. The smallest absolute Gasteiger partial charge is 0.270 e. The zero-order valence-corrected chi connectivity index (χ0v) is 21.5. The first kappa shape index (κ1) is 25.6. The summed E-state index contributed by atoms with van der Waals surface area (Å²) in [5, 5.41) is 0.176. The number of benzene rings is 2. The lowest BCUT2D eigenvalue weighted by Crippen LogP contribution is -2.49. The second kappa shape index (κ2) is 11.0. The van der Waals surface area contributed by atoms with Crippen molar-refractivity contribution < 1.29 is 22.7 Å². The number of H-pyrrole nitrogens is 1. The number of hydrogen-bond acceptors (Lipinski definition) is 9. The van der Waals surface area contributed by atoms with Gasteiger partial charge >= 0.3 is 0 Å². The molecule has 1 saturated heterocycles. The largest absolute Gasteiger partial charge is 0.497 e. The van der Waals surface area contributed by atoms with Gasteiger partial charge in [-0.05, 0) is 36.4 Å². The highest BCUT2D eigenvalue weighted by molar-refractivity contribution is 7.99. The van der Waals surface area contributed by atoms with E-state index in [4.69, 9.17) is 9.47 Å². The standard InChI is InChI=1S/C24H26N4O6S2/c1-33-17-7-9-18(10-8-17)36(31,32)21-15-25-24(26-23(21)30)35-16-22(29)28-13-11-27(12-14-28)19-5-3-4-6-20(19)34-2/h3-10,15H,11-14,16H2,1-2H3,(H,25,26,30). The molecule has 1 aromatic heterocycles. The minimum atomic E-state index is -4.05. The second-order valence-electron chi connectivity index (χ2n) is 7.89. The van der Waals surface area contributed by atoms with Crippen molar-refractivity contribution in [3.05, 3.63) is 65.1 Å². The SMILES string of the molecule is COc1ccc(S(=O)(=O)c2cnc(SCC(=O)N3CCN(c4ccccc4OC)CC3)[nH]c2=O)cc1. The van der Waals surface area contributed by atoms with Crippen LogP contribution in [0.3, 0.4) is 0 Å². The summed E-state index contributed by atoms with van der Waals surface area (Å²) in [7, 11) is -0.945. The summed E-state index contributed by atoms with van der Waals surface area (Å²) >= 11 is 1.06. The topological polar surface area (TPSA) is 122 Å². The van der Waals surface area contributed by atoms with Gasteiger partial charge in [0.15, 0.2) is 10.1 Å². The van der Waals surface area contributed by atoms with E-state index < -0.39 is 20.3 Å². The van der Waals surface area contributed by atoms with Gasteiger partial charge < -0.3 is 24.3 Å². The molecule has 0 spiro atoms. The van der Waals surface area contributed by atoms with Crippen molar-refractivity contribution in [3.63, 3.8) is 0 Å². The number of carbonyl (C=O) groups is 1. The Morgan fingerprint density at radius 2 is 1.72 bits per heavy atom. The van der Waals surface area contributed by atoms with Crippen LogP contribution in [0.2, 0.25) is 0 Å². The number of aromatic nitrogens is 2. The van der Waals surface area contributed by atoms with Crippen molar-refractivity contribution in [2.24, 2.45) is 0 Å². The fourth-order valence-corrected chi connectivity index (χ4v) is 5.79. The highest BCUT2D eigenvalue weighted by Crippen LogP contribution is 2.28. The molecule has 1 N–H and O–H groups in total. The molecular weight excluding hydrogens is 504 g/mol. The molecule has 4 rings (SSSR count). The van der Waals surface area contributed by atoms with Gasteiger partial charge in [0.05, 0.1) is 36.8 Å². The van der Waals surface area contributed by atoms with E-state index in [0.717, 1.165) is 29.4 Å². The summed E-state index contributed by atoms with van der Waals surface area (Å²) < 4.78 is 36.1. The number of anilines is 1. The molecule has 12 heteroatoms. The number of rotatable bonds is 8. The predicted molar refractivity (Wildman–Crippen MR) is 136 cm³/mol. The fraction of sp³-hybridized carbons (Fsp3) is 0.292. The van der Waals surface area contributed by atoms with E-state index in [1.165, 1.54) is 31.4 Å². The minimum absolute atomic E-state index is 0.0431. The van der Waals surface area contributed by atoms with Gasteiger partial charge in [-0.1, -0.05) is 23.9 Å². The first-order chi connectivity index (χ1) is 17.3. The Morgan fingerprint density at radius 1 is 1.03 bits per heavy atom. The molecule has 0 bridgehead atoms. The van der Waals surface area contributed by atoms with Crippen LogP contribution in [-0.2, 0) is 14.6 Å². The first-order valence-corrected chi connectivity index (χ1v) is 13.6. The third-order valence-electron chi connectivity index (χ3n) is 5.79. The average Bonchev–Trinajstić information content (AvgIpc) is 2.91. The third kappa shape index (κ3) is 5.49. The van der Waals surface area contributed by atoms with Crippen LogP contribution in [0.1, 0.15) is 0 Å². The summed E-state index contributed by atoms with van der Waals surface area (Å²) in [6, 6.07) is 13.5. The van der Waals surface area contributed by atoms with Crippen LogP contribution in [0, 0.1) is 0 Å². The molecule has 0 radical (unpaired) electrons. The van der Waals surface area contributed by atoms with Gasteiger partial charge in [-0.3, -0.25) is 9.59 Å².